The van der Waals surface area contributed by atoms with Gasteiger partial charge in [-0.25, -0.2) is 0 Å². The second kappa shape index (κ2) is 18.1. The number of nitrogens with one attached hydrogen (secondary N) is 1. The van der Waals surface area contributed by atoms with Gasteiger partial charge in [0, 0.05) is 13.1 Å². The van der Waals surface area contributed by atoms with Crippen LogP contribution < -0.4 is 10.1 Å². The van der Waals surface area contributed by atoms with Gasteiger partial charge in [-0.15, -0.1) is 6.42 Å². The Morgan fingerprint density at radius 2 is 1.85 bits per heavy atom. The Balaban J connectivity index is 0.000000526. The molecule has 216 valence electrons. The van der Waals surface area contributed by atoms with Gasteiger partial charge in [-0.05, 0) is 55.8 Å². The molecule has 0 spiro atoms. The number of hydrogen-bond donors (Lipinski definition) is 1. The Morgan fingerprint density at radius 1 is 1.15 bits per heavy atom. The van der Waals surface area contributed by atoms with E-state index in [0.717, 1.165) is 23.6 Å². The number of benzene rings is 2. The highest BCUT2D eigenvalue weighted by Gasteiger charge is 2.41. The third-order valence-electron chi connectivity index (χ3n) is 6.59. The molecule has 1 saturated heterocycles. The van der Waals surface area contributed by atoms with E-state index in [4.69, 9.17) is 11.2 Å². The van der Waals surface area contributed by atoms with Crippen LogP contribution in [0.5, 0.6) is 5.75 Å². The molecule has 1 aliphatic heterocycles. The lowest BCUT2D eigenvalue weighted by molar-refractivity contribution is -0.173. The monoisotopic (exact) mass is 567 g/mol. The van der Waals surface area contributed by atoms with Crippen LogP contribution in [0.4, 0.5) is 0 Å². The van der Waals surface area contributed by atoms with Crippen molar-refractivity contribution in [2.45, 2.75) is 31.7 Å². The van der Waals surface area contributed by atoms with Crippen LogP contribution in [-0.4, -0.2) is 103 Å². The average molecular weight is 568 g/mol. The maximum Gasteiger partial charge on any atom is 0.240 e. The van der Waals surface area contributed by atoms with Crippen molar-refractivity contribution in [1.82, 2.24) is 25.1 Å². The van der Waals surface area contributed by atoms with Gasteiger partial charge in [0.1, 0.15) is 18.2 Å². The molecule has 0 bridgehead atoms. The fourth-order valence-electron chi connectivity index (χ4n) is 4.49. The molecule has 1 heterocycles. The number of carbonyl (C=O) groups excluding carboxylic acids is 3. The molecule has 2 aromatic carbocycles. The van der Waals surface area contributed by atoms with Gasteiger partial charge in [0.25, 0.3) is 0 Å². The lowest BCUT2D eigenvalue weighted by atomic mass is 10.1. The van der Waals surface area contributed by atoms with E-state index in [1.54, 1.807) is 23.8 Å². The molecule has 9 nitrogen and oxygen atoms in total. The molecule has 40 heavy (non-hydrogen) atoms. The normalized spacial score (nSPS) is 17.0. The Kier molecular flexibility index (Phi) is 14.8. The van der Waals surface area contributed by atoms with E-state index >= 15 is 0 Å². The molecule has 0 aliphatic carbocycles. The number of hydrazine groups is 1. The Hall–Kier alpha value is -3.36. The second-order valence-corrected chi connectivity index (χ2v) is 10.2. The van der Waals surface area contributed by atoms with Gasteiger partial charge in [-0.2, -0.15) is 16.8 Å². The zero-order valence-electron chi connectivity index (χ0n) is 23.9. The van der Waals surface area contributed by atoms with Crippen LogP contribution in [0.2, 0.25) is 0 Å². The van der Waals surface area contributed by atoms with Gasteiger partial charge in [0.05, 0.1) is 32.8 Å². The molecule has 0 aromatic heterocycles. The van der Waals surface area contributed by atoms with Crippen LogP contribution in [0.15, 0.2) is 54.6 Å². The minimum Gasteiger partial charge on any atom is -0.497 e. The molecule has 3 rings (SSSR count). The summed E-state index contributed by atoms with van der Waals surface area (Å²) < 4.78 is 5.21. The van der Waals surface area contributed by atoms with Crippen LogP contribution in [0, 0.1) is 12.3 Å². The Labute approximate surface area is 242 Å². The number of amides is 2. The molecular formula is C30H41N5O4S. The summed E-state index contributed by atoms with van der Waals surface area (Å²) in [5.41, 5.74) is 2.30. The first kappa shape index (κ1) is 32.8. The Morgan fingerprint density at radius 3 is 2.40 bits per heavy atom. The van der Waals surface area contributed by atoms with E-state index < -0.39 is 6.17 Å². The highest BCUT2D eigenvalue weighted by molar-refractivity contribution is 7.98. The van der Waals surface area contributed by atoms with Gasteiger partial charge in [-0.3, -0.25) is 19.5 Å². The minimum absolute atomic E-state index is 0.00478. The number of carbonyl (C=O) groups is 3. The van der Waals surface area contributed by atoms with Crippen LogP contribution in [0.1, 0.15) is 17.5 Å². The summed E-state index contributed by atoms with van der Waals surface area (Å²) in [6.07, 6.45) is 9.04. The van der Waals surface area contributed by atoms with E-state index in [0.29, 0.717) is 32.2 Å². The zero-order chi connectivity index (χ0) is 29.3. The molecule has 2 amide bonds. The summed E-state index contributed by atoms with van der Waals surface area (Å²) in [7, 11) is 5.39. The lowest BCUT2D eigenvalue weighted by Crippen LogP contribution is -2.67. The van der Waals surface area contributed by atoms with Crippen LogP contribution in [0.3, 0.4) is 0 Å². The van der Waals surface area contributed by atoms with Crippen molar-refractivity contribution >= 4 is 30.4 Å². The highest BCUT2D eigenvalue weighted by atomic mass is 32.2. The summed E-state index contributed by atoms with van der Waals surface area (Å²) in [4.78, 5) is 40.1. The van der Waals surface area contributed by atoms with Crippen LogP contribution in [-0.2, 0) is 27.5 Å². The maximum absolute atomic E-state index is 13.3. The maximum atomic E-state index is 13.3. The summed E-state index contributed by atoms with van der Waals surface area (Å²) in [5, 5.41) is 6.04. The summed E-state index contributed by atoms with van der Waals surface area (Å²) in [6.45, 7) is 1.79. The number of piperazine rings is 1. The van der Waals surface area contributed by atoms with Crippen molar-refractivity contribution in [2.24, 2.45) is 0 Å². The summed E-state index contributed by atoms with van der Waals surface area (Å²) in [5.74, 6) is 4.07. The van der Waals surface area contributed by atoms with Gasteiger partial charge in [0.15, 0.2) is 0 Å². The zero-order valence-corrected chi connectivity index (χ0v) is 24.7. The number of rotatable bonds is 14. The standard InChI is InChI=1S/C22H30N4O4S.C8H11N/c1-5-11-25(12-13-27)26(17-28)21-16-24(15-18-6-8-19(30-3)9-7-18)22(29)20(23(21)2)10-14-31-4;1-9-7-8-5-3-2-4-6-8/h1,6-9,13,17,20-21H,10-12,14-16H2,2-4H3;2-6,9H,7H2,1H3/t20-,21?;/m0./s1. The number of nitrogens with zero attached hydrogens (tertiary/aromatic N) is 4. The van der Waals surface area contributed by atoms with E-state index in [1.807, 2.05) is 67.7 Å². The molecule has 0 radical (unpaired) electrons. The lowest BCUT2D eigenvalue weighted by Gasteiger charge is -2.49. The SMILES string of the molecule is C#CCN(CC=O)N(C=O)C1CN(Cc2ccc(OC)cc2)C(=O)[C@H](CCSC)N1C.CNCc1ccccc1. The van der Waals surface area contributed by atoms with Gasteiger partial charge in [0.2, 0.25) is 12.3 Å². The van der Waals surface area contributed by atoms with E-state index in [9.17, 15) is 14.4 Å². The van der Waals surface area contributed by atoms with E-state index in [2.05, 4.69) is 23.4 Å². The molecule has 10 heteroatoms. The predicted molar refractivity (Wildman–Crippen MR) is 160 cm³/mol. The molecule has 0 saturated carbocycles. The molecule has 2 atom stereocenters. The number of aldehydes is 1. The Bertz CT molecular complexity index is 1080. The first-order valence-electron chi connectivity index (χ1n) is 13.1. The molecule has 2 aromatic rings. The minimum atomic E-state index is -0.436. The number of thioether (sulfide) groups is 1. The van der Waals surface area contributed by atoms with E-state index in [-0.39, 0.29) is 25.0 Å². The number of ether oxygens (including phenoxy) is 1. The molecule has 1 unspecified atom stereocenters. The van der Waals surface area contributed by atoms with Crippen molar-refractivity contribution in [3.05, 3.63) is 65.7 Å². The number of likely N-dealkylation sites (N-methyl/N-ethyl adjacent to an activating group) is 1. The number of hydrogen-bond acceptors (Lipinski definition) is 8. The van der Waals surface area contributed by atoms with E-state index in [1.165, 1.54) is 15.6 Å². The topological polar surface area (TPSA) is 85.4 Å². The fourth-order valence-corrected chi connectivity index (χ4v) is 4.95. The quantitative estimate of drug-likeness (QED) is 0.212. The summed E-state index contributed by atoms with van der Waals surface area (Å²) in [6, 6.07) is 17.5. The van der Waals surface area contributed by atoms with Crippen molar-refractivity contribution < 1.29 is 19.1 Å². The fraction of sp³-hybridized carbons (Fsp3) is 0.433. The molecular weight excluding hydrogens is 526 g/mol. The van der Waals surface area contributed by atoms with Gasteiger partial charge >= 0.3 is 0 Å². The second-order valence-electron chi connectivity index (χ2n) is 9.23. The van der Waals surface area contributed by atoms with Crippen molar-refractivity contribution in [2.75, 3.05) is 52.8 Å². The third kappa shape index (κ3) is 9.68. The predicted octanol–water partition coefficient (Wildman–Crippen LogP) is 2.33. The first-order valence-corrected chi connectivity index (χ1v) is 14.5. The average Bonchev–Trinajstić information content (AvgIpc) is 2.97. The largest absolute Gasteiger partial charge is 0.497 e. The van der Waals surface area contributed by atoms with Gasteiger partial charge in [-0.1, -0.05) is 48.4 Å². The van der Waals surface area contributed by atoms with Gasteiger partial charge < -0.3 is 19.7 Å². The third-order valence-corrected chi connectivity index (χ3v) is 7.24. The van der Waals surface area contributed by atoms with Crippen molar-refractivity contribution in [3.8, 4) is 18.1 Å². The highest BCUT2D eigenvalue weighted by Crippen LogP contribution is 2.24. The van der Waals surface area contributed by atoms with Crippen LogP contribution >= 0.6 is 11.8 Å². The number of methoxy groups -OCH3 is 1. The number of terminal acetylenes is 1. The first-order chi connectivity index (χ1) is 19.4. The smallest absolute Gasteiger partial charge is 0.240 e. The molecule has 1 aliphatic rings. The van der Waals surface area contributed by atoms with Crippen LogP contribution in [0.25, 0.3) is 0 Å². The summed E-state index contributed by atoms with van der Waals surface area (Å²) >= 11 is 1.67. The van der Waals surface area contributed by atoms with Crippen molar-refractivity contribution in [1.29, 1.82) is 0 Å². The molecule has 1 fully saturated rings. The molecule has 1 N–H and O–H groups in total. The van der Waals surface area contributed by atoms with Crippen molar-refractivity contribution in [3.63, 3.8) is 0 Å².